The van der Waals surface area contributed by atoms with Crippen molar-refractivity contribution in [2.45, 2.75) is 25.5 Å². The Kier molecular flexibility index (Phi) is 5.46. The fraction of sp³-hybridized carbons (Fsp3) is 0.500. The number of sulfonamides is 1. The van der Waals surface area contributed by atoms with Crippen molar-refractivity contribution in [3.8, 4) is 0 Å². The zero-order valence-electron chi connectivity index (χ0n) is 16.8. The number of aliphatic hydroxyl groups excluding tert-OH is 1. The number of β-amino-alcohol motifs (C(OH)–C–C–N with tert-alkyl or cyclic N) is 1. The fourth-order valence-corrected chi connectivity index (χ4v) is 5.53. The van der Waals surface area contributed by atoms with Gasteiger partial charge >= 0.3 is 0 Å². The van der Waals surface area contributed by atoms with Gasteiger partial charge in [-0.2, -0.15) is 0 Å². The summed E-state index contributed by atoms with van der Waals surface area (Å²) in [6.45, 7) is 5.77. The summed E-state index contributed by atoms with van der Waals surface area (Å²) >= 11 is 0. The zero-order valence-corrected chi connectivity index (χ0v) is 17.6. The van der Waals surface area contributed by atoms with Crippen molar-refractivity contribution in [3.05, 3.63) is 47.8 Å². The number of rotatable bonds is 5. The van der Waals surface area contributed by atoms with Crippen LogP contribution in [0.3, 0.4) is 0 Å². The summed E-state index contributed by atoms with van der Waals surface area (Å²) in [4.78, 5) is 13.0. The standard InChI is InChI=1S/C20H27N5O3S/c1-15-12-17-13-16(4-5-18(17)25(15)29(2,27)28)19(26)14-23-8-10-24(11-9-23)20-21-6-3-7-22-20/h3-7,13,15,19,26H,8-12,14H2,1-2H3/t15-,19+/m0/s1. The first kappa shape index (κ1) is 20.1. The summed E-state index contributed by atoms with van der Waals surface area (Å²) in [6.07, 6.45) is 4.79. The van der Waals surface area contributed by atoms with E-state index in [9.17, 15) is 13.5 Å². The zero-order chi connectivity index (χ0) is 20.6. The van der Waals surface area contributed by atoms with E-state index in [0.29, 0.717) is 13.0 Å². The normalized spacial score (nSPS) is 21.3. The molecular formula is C20H27N5O3S. The van der Waals surface area contributed by atoms with Gasteiger partial charge < -0.3 is 10.0 Å². The van der Waals surface area contributed by atoms with E-state index in [-0.39, 0.29) is 6.04 Å². The van der Waals surface area contributed by atoms with E-state index in [1.807, 2.05) is 31.2 Å². The summed E-state index contributed by atoms with van der Waals surface area (Å²) in [5.41, 5.74) is 2.54. The van der Waals surface area contributed by atoms with Gasteiger partial charge in [-0.05, 0) is 36.6 Å². The van der Waals surface area contributed by atoms with E-state index >= 15 is 0 Å². The van der Waals surface area contributed by atoms with Crippen LogP contribution >= 0.6 is 0 Å². The molecule has 8 nitrogen and oxygen atoms in total. The van der Waals surface area contributed by atoms with Gasteiger partial charge in [0.15, 0.2) is 0 Å². The highest BCUT2D eigenvalue weighted by Gasteiger charge is 2.33. The third-order valence-corrected chi connectivity index (χ3v) is 6.91. The van der Waals surface area contributed by atoms with Gasteiger partial charge in [-0.3, -0.25) is 9.21 Å². The fourth-order valence-electron chi connectivity index (χ4n) is 4.27. The number of hydrogen-bond donors (Lipinski definition) is 1. The van der Waals surface area contributed by atoms with E-state index in [4.69, 9.17) is 0 Å². The molecule has 0 amide bonds. The third-order valence-electron chi connectivity index (χ3n) is 5.64. The van der Waals surface area contributed by atoms with Crippen molar-refractivity contribution in [3.63, 3.8) is 0 Å². The van der Waals surface area contributed by atoms with Gasteiger partial charge in [0.2, 0.25) is 16.0 Å². The van der Waals surface area contributed by atoms with Crippen LogP contribution < -0.4 is 9.21 Å². The number of aliphatic hydroxyl groups is 1. The van der Waals surface area contributed by atoms with E-state index < -0.39 is 16.1 Å². The van der Waals surface area contributed by atoms with Crippen LogP contribution in [0, 0.1) is 0 Å². The van der Waals surface area contributed by atoms with Crippen LogP contribution in [0.15, 0.2) is 36.7 Å². The van der Waals surface area contributed by atoms with Crippen LogP contribution in [0.1, 0.15) is 24.2 Å². The van der Waals surface area contributed by atoms with Crippen molar-refractivity contribution in [2.24, 2.45) is 0 Å². The van der Waals surface area contributed by atoms with Crippen LogP contribution in [0.2, 0.25) is 0 Å². The van der Waals surface area contributed by atoms with E-state index in [2.05, 4.69) is 19.8 Å². The molecule has 0 saturated carbocycles. The van der Waals surface area contributed by atoms with Gasteiger partial charge in [-0.15, -0.1) is 0 Å². The first-order chi connectivity index (χ1) is 13.8. The number of hydrogen-bond acceptors (Lipinski definition) is 7. The van der Waals surface area contributed by atoms with Crippen LogP contribution in [0.4, 0.5) is 11.6 Å². The molecule has 2 aromatic rings. The highest BCUT2D eigenvalue weighted by Crippen LogP contribution is 2.35. The molecule has 1 aromatic heterocycles. The number of aromatic nitrogens is 2. The maximum absolute atomic E-state index is 12.1. The maximum atomic E-state index is 12.1. The number of piperazine rings is 1. The molecular weight excluding hydrogens is 390 g/mol. The quantitative estimate of drug-likeness (QED) is 0.777. The number of benzene rings is 1. The van der Waals surface area contributed by atoms with Crippen molar-refractivity contribution in [2.75, 3.05) is 48.2 Å². The number of nitrogens with zero attached hydrogens (tertiary/aromatic N) is 5. The lowest BCUT2D eigenvalue weighted by Crippen LogP contribution is -2.48. The molecule has 2 aliphatic heterocycles. The van der Waals surface area contributed by atoms with Gasteiger partial charge in [0.25, 0.3) is 0 Å². The molecule has 156 valence electrons. The van der Waals surface area contributed by atoms with Gasteiger partial charge in [-0.1, -0.05) is 12.1 Å². The third kappa shape index (κ3) is 4.22. The monoisotopic (exact) mass is 417 g/mol. The lowest BCUT2D eigenvalue weighted by atomic mass is 10.0. The molecule has 4 rings (SSSR count). The second-order valence-corrected chi connectivity index (χ2v) is 9.71. The summed E-state index contributed by atoms with van der Waals surface area (Å²) in [5.74, 6) is 0.746. The molecule has 1 fully saturated rings. The predicted molar refractivity (Wildman–Crippen MR) is 113 cm³/mol. The van der Waals surface area contributed by atoms with Crippen molar-refractivity contribution < 1.29 is 13.5 Å². The largest absolute Gasteiger partial charge is 0.387 e. The van der Waals surface area contributed by atoms with Gasteiger partial charge in [0.05, 0.1) is 18.0 Å². The summed E-state index contributed by atoms with van der Waals surface area (Å²) in [6, 6.07) is 7.33. The SMILES string of the molecule is C[C@H]1Cc2cc([C@H](O)CN3CCN(c4ncccn4)CC3)ccc2N1S(C)(=O)=O. The maximum Gasteiger partial charge on any atom is 0.232 e. The summed E-state index contributed by atoms with van der Waals surface area (Å²) in [7, 11) is -3.30. The lowest BCUT2D eigenvalue weighted by Gasteiger charge is -2.35. The van der Waals surface area contributed by atoms with Crippen LogP contribution in [0.25, 0.3) is 0 Å². The van der Waals surface area contributed by atoms with Crippen molar-refractivity contribution in [1.29, 1.82) is 0 Å². The van der Waals surface area contributed by atoms with Gasteiger partial charge in [-0.25, -0.2) is 18.4 Å². The summed E-state index contributed by atoms with van der Waals surface area (Å²) < 4.78 is 25.6. The molecule has 2 aliphatic rings. The Hall–Kier alpha value is -2.23. The molecule has 9 heteroatoms. The Morgan fingerprint density at radius 2 is 1.86 bits per heavy atom. The second-order valence-electron chi connectivity index (χ2n) is 7.85. The number of fused-ring (bicyclic) bond motifs is 1. The number of anilines is 2. The Morgan fingerprint density at radius 1 is 1.17 bits per heavy atom. The average Bonchev–Trinajstić information content (AvgIpc) is 3.04. The molecule has 0 spiro atoms. The van der Waals surface area contributed by atoms with E-state index in [1.165, 1.54) is 10.6 Å². The first-order valence-electron chi connectivity index (χ1n) is 9.87. The topological polar surface area (TPSA) is 89.9 Å². The molecule has 1 N–H and O–H groups in total. The van der Waals surface area contributed by atoms with Crippen molar-refractivity contribution >= 4 is 21.7 Å². The minimum absolute atomic E-state index is 0.0966. The Bertz CT molecular complexity index is 961. The predicted octanol–water partition coefficient (Wildman–Crippen LogP) is 1.04. The van der Waals surface area contributed by atoms with Crippen LogP contribution in [-0.4, -0.2) is 73.4 Å². The molecule has 0 aliphatic carbocycles. The molecule has 0 radical (unpaired) electrons. The molecule has 2 atom stereocenters. The molecule has 0 bridgehead atoms. The molecule has 3 heterocycles. The minimum Gasteiger partial charge on any atom is -0.387 e. The highest BCUT2D eigenvalue weighted by atomic mass is 32.2. The Balaban J connectivity index is 1.39. The Labute approximate surface area is 171 Å². The Morgan fingerprint density at radius 3 is 2.52 bits per heavy atom. The van der Waals surface area contributed by atoms with Crippen LogP contribution in [-0.2, 0) is 16.4 Å². The molecule has 1 saturated heterocycles. The second kappa shape index (κ2) is 7.89. The highest BCUT2D eigenvalue weighted by molar-refractivity contribution is 7.92. The van der Waals surface area contributed by atoms with Crippen molar-refractivity contribution in [1.82, 2.24) is 14.9 Å². The summed E-state index contributed by atoms with van der Waals surface area (Å²) in [5, 5.41) is 10.8. The average molecular weight is 418 g/mol. The van der Waals surface area contributed by atoms with Gasteiger partial charge in [0, 0.05) is 51.2 Å². The smallest absolute Gasteiger partial charge is 0.232 e. The van der Waals surface area contributed by atoms with Gasteiger partial charge in [0.1, 0.15) is 0 Å². The van der Waals surface area contributed by atoms with Crippen LogP contribution in [0.5, 0.6) is 0 Å². The molecule has 29 heavy (non-hydrogen) atoms. The van der Waals surface area contributed by atoms with E-state index in [1.54, 1.807) is 12.4 Å². The minimum atomic E-state index is -3.30. The molecule has 1 aromatic carbocycles. The lowest BCUT2D eigenvalue weighted by molar-refractivity contribution is 0.109. The van der Waals surface area contributed by atoms with E-state index in [0.717, 1.165) is 48.9 Å². The molecule has 0 unspecified atom stereocenters. The first-order valence-corrected chi connectivity index (χ1v) is 11.7.